The van der Waals surface area contributed by atoms with Crippen LogP contribution < -0.4 is 4.90 Å². The van der Waals surface area contributed by atoms with Crippen LogP contribution in [0.2, 0.25) is 0 Å². The molecule has 1 aromatic rings. The van der Waals surface area contributed by atoms with Crippen molar-refractivity contribution in [2.24, 2.45) is 5.92 Å². The Balaban J connectivity index is 1.82. The fourth-order valence-corrected chi connectivity index (χ4v) is 2.64. The Hall–Kier alpha value is -1.35. The number of likely N-dealkylation sites (tertiary alicyclic amines) is 1. The molecule has 1 heterocycles. The second kappa shape index (κ2) is 6.89. The van der Waals surface area contributed by atoms with Crippen molar-refractivity contribution in [3.8, 4) is 0 Å². The molecule has 1 aliphatic heterocycles. The van der Waals surface area contributed by atoms with Gasteiger partial charge in [0.1, 0.15) is 0 Å². The van der Waals surface area contributed by atoms with Gasteiger partial charge in [0.2, 0.25) is 0 Å². The quantitative estimate of drug-likeness (QED) is 0.771. The van der Waals surface area contributed by atoms with Crippen molar-refractivity contribution in [2.45, 2.75) is 26.2 Å². The third kappa shape index (κ3) is 4.07. The van der Waals surface area contributed by atoms with Crippen molar-refractivity contribution >= 4 is 11.5 Å². The van der Waals surface area contributed by atoms with Gasteiger partial charge in [0.05, 0.1) is 0 Å². The average Bonchev–Trinajstić information content (AvgIpc) is 2.46. The average molecular weight is 274 g/mol. The zero-order valence-corrected chi connectivity index (χ0v) is 12.9. The van der Waals surface area contributed by atoms with Crippen LogP contribution in [0.4, 0.5) is 5.69 Å². The fourth-order valence-electron chi connectivity index (χ4n) is 2.64. The first-order valence-electron chi connectivity index (χ1n) is 7.59. The molecule has 0 bridgehead atoms. The molecule has 1 saturated heterocycles. The molecule has 0 atom stereocenters. The highest BCUT2D eigenvalue weighted by molar-refractivity contribution is 5.96. The van der Waals surface area contributed by atoms with Gasteiger partial charge in [-0.25, -0.2) is 0 Å². The summed E-state index contributed by atoms with van der Waals surface area (Å²) in [4.78, 5) is 16.7. The van der Waals surface area contributed by atoms with Crippen LogP contribution in [0.3, 0.4) is 0 Å². The van der Waals surface area contributed by atoms with Crippen molar-refractivity contribution in [3.05, 3.63) is 29.8 Å². The summed E-state index contributed by atoms with van der Waals surface area (Å²) in [6.07, 6.45) is 3.17. The first-order valence-corrected chi connectivity index (χ1v) is 7.59. The lowest BCUT2D eigenvalue weighted by Crippen LogP contribution is -2.34. The summed E-state index contributed by atoms with van der Waals surface area (Å²) in [6.45, 7) is 5.51. The molecule has 3 heteroatoms. The van der Waals surface area contributed by atoms with E-state index < -0.39 is 0 Å². The third-order valence-electron chi connectivity index (χ3n) is 4.24. The van der Waals surface area contributed by atoms with Crippen LogP contribution in [0.25, 0.3) is 0 Å². The van der Waals surface area contributed by atoms with Gasteiger partial charge in [-0.05, 0) is 56.1 Å². The lowest BCUT2D eigenvalue weighted by atomic mass is 9.99. The van der Waals surface area contributed by atoms with E-state index in [-0.39, 0.29) is 5.78 Å². The van der Waals surface area contributed by atoms with Gasteiger partial charge < -0.3 is 9.80 Å². The van der Waals surface area contributed by atoms with E-state index in [1.807, 2.05) is 43.3 Å². The maximum absolute atomic E-state index is 12.2. The van der Waals surface area contributed by atoms with Crippen molar-refractivity contribution in [1.82, 2.24) is 4.90 Å². The van der Waals surface area contributed by atoms with Gasteiger partial charge in [0.15, 0.2) is 5.78 Å². The number of Topliss-reactive ketones (excluding diaryl/α,β-unsaturated/α-hetero) is 1. The van der Waals surface area contributed by atoms with E-state index in [0.29, 0.717) is 6.42 Å². The molecular formula is C17H26N2O. The summed E-state index contributed by atoms with van der Waals surface area (Å²) >= 11 is 0. The van der Waals surface area contributed by atoms with Gasteiger partial charge in [0.25, 0.3) is 0 Å². The van der Waals surface area contributed by atoms with Crippen LogP contribution in [0.1, 0.15) is 36.5 Å². The molecule has 0 radical (unpaired) electrons. The monoisotopic (exact) mass is 274 g/mol. The zero-order chi connectivity index (χ0) is 14.5. The fraction of sp³-hybridized carbons (Fsp3) is 0.588. The minimum absolute atomic E-state index is 0.258. The minimum Gasteiger partial charge on any atom is -0.378 e. The van der Waals surface area contributed by atoms with Crippen LogP contribution in [0.15, 0.2) is 24.3 Å². The van der Waals surface area contributed by atoms with Gasteiger partial charge in [0, 0.05) is 38.3 Å². The molecule has 2 rings (SSSR count). The van der Waals surface area contributed by atoms with Crippen molar-refractivity contribution in [3.63, 3.8) is 0 Å². The Kier molecular flexibility index (Phi) is 5.18. The predicted molar refractivity (Wildman–Crippen MR) is 84.6 cm³/mol. The van der Waals surface area contributed by atoms with Gasteiger partial charge in [-0.15, -0.1) is 0 Å². The molecular weight excluding hydrogens is 248 g/mol. The Bertz CT molecular complexity index is 431. The standard InChI is InChI=1S/C17H26N2O/c1-14-8-11-19(12-9-14)13-10-17(20)15-4-6-16(7-5-15)18(2)3/h4-7,14H,8-13H2,1-3H3. The number of hydrogen-bond donors (Lipinski definition) is 0. The highest BCUT2D eigenvalue weighted by Gasteiger charge is 2.16. The normalized spacial score (nSPS) is 17.1. The van der Waals surface area contributed by atoms with Crippen LogP contribution in [-0.4, -0.2) is 44.4 Å². The lowest BCUT2D eigenvalue weighted by Gasteiger charge is -2.29. The SMILES string of the molecule is CC1CCN(CCC(=O)c2ccc(N(C)C)cc2)CC1. The number of benzene rings is 1. The molecule has 110 valence electrons. The van der Waals surface area contributed by atoms with E-state index >= 15 is 0 Å². The van der Waals surface area contributed by atoms with Crippen LogP contribution >= 0.6 is 0 Å². The highest BCUT2D eigenvalue weighted by Crippen LogP contribution is 2.17. The topological polar surface area (TPSA) is 23.6 Å². The van der Waals surface area contributed by atoms with Crippen molar-refractivity contribution in [2.75, 3.05) is 38.6 Å². The number of anilines is 1. The highest BCUT2D eigenvalue weighted by atomic mass is 16.1. The van der Waals surface area contributed by atoms with Crippen LogP contribution in [0, 0.1) is 5.92 Å². The maximum Gasteiger partial charge on any atom is 0.164 e. The van der Waals surface area contributed by atoms with Crippen molar-refractivity contribution < 1.29 is 4.79 Å². The number of hydrogen-bond acceptors (Lipinski definition) is 3. The van der Waals surface area contributed by atoms with E-state index in [4.69, 9.17) is 0 Å². The summed E-state index contributed by atoms with van der Waals surface area (Å²) in [5, 5.41) is 0. The summed E-state index contributed by atoms with van der Waals surface area (Å²) in [7, 11) is 4.02. The lowest BCUT2D eigenvalue weighted by molar-refractivity contribution is 0.0953. The Labute approximate surface area is 122 Å². The molecule has 0 aliphatic carbocycles. The number of rotatable bonds is 5. The summed E-state index contributed by atoms with van der Waals surface area (Å²) in [6, 6.07) is 7.90. The maximum atomic E-state index is 12.2. The minimum atomic E-state index is 0.258. The number of piperidine rings is 1. The second-order valence-electron chi connectivity index (χ2n) is 6.14. The number of carbonyl (C=O) groups excluding carboxylic acids is 1. The second-order valence-corrected chi connectivity index (χ2v) is 6.14. The molecule has 0 N–H and O–H groups in total. The van der Waals surface area contributed by atoms with Crippen LogP contribution in [-0.2, 0) is 0 Å². The number of nitrogens with zero attached hydrogens (tertiary/aromatic N) is 2. The largest absolute Gasteiger partial charge is 0.378 e. The Morgan fingerprint density at radius 1 is 1.20 bits per heavy atom. The number of carbonyl (C=O) groups is 1. The molecule has 1 fully saturated rings. The van der Waals surface area contributed by atoms with Gasteiger partial charge in [-0.1, -0.05) is 6.92 Å². The molecule has 0 spiro atoms. The van der Waals surface area contributed by atoms with E-state index in [1.165, 1.54) is 12.8 Å². The van der Waals surface area contributed by atoms with Crippen LogP contribution in [0.5, 0.6) is 0 Å². The van der Waals surface area contributed by atoms with Gasteiger partial charge >= 0.3 is 0 Å². The summed E-state index contributed by atoms with van der Waals surface area (Å²) < 4.78 is 0. The van der Waals surface area contributed by atoms with E-state index in [1.54, 1.807) is 0 Å². The Morgan fingerprint density at radius 3 is 2.35 bits per heavy atom. The number of ketones is 1. The molecule has 3 nitrogen and oxygen atoms in total. The van der Waals surface area contributed by atoms with E-state index in [2.05, 4.69) is 11.8 Å². The van der Waals surface area contributed by atoms with E-state index in [0.717, 1.165) is 36.8 Å². The summed E-state index contributed by atoms with van der Waals surface area (Å²) in [5.41, 5.74) is 1.97. The summed E-state index contributed by atoms with van der Waals surface area (Å²) in [5.74, 6) is 1.11. The molecule has 0 aromatic heterocycles. The first-order chi connectivity index (χ1) is 9.56. The predicted octanol–water partition coefficient (Wildman–Crippen LogP) is 3.06. The zero-order valence-electron chi connectivity index (χ0n) is 12.9. The van der Waals surface area contributed by atoms with Gasteiger partial charge in [-0.3, -0.25) is 4.79 Å². The molecule has 20 heavy (non-hydrogen) atoms. The molecule has 1 aliphatic rings. The van der Waals surface area contributed by atoms with Crippen molar-refractivity contribution in [1.29, 1.82) is 0 Å². The third-order valence-corrected chi connectivity index (χ3v) is 4.24. The Morgan fingerprint density at radius 2 is 1.80 bits per heavy atom. The smallest absolute Gasteiger partial charge is 0.164 e. The molecule has 0 unspecified atom stereocenters. The van der Waals surface area contributed by atoms with E-state index in [9.17, 15) is 4.79 Å². The van der Waals surface area contributed by atoms with Gasteiger partial charge in [-0.2, -0.15) is 0 Å². The molecule has 0 amide bonds. The molecule has 0 saturated carbocycles. The molecule has 1 aromatic carbocycles. The first kappa shape index (κ1) is 15.0.